The summed E-state index contributed by atoms with van der Waals surface area (Å²) in [6.45, 7) is 7.50. The standard InChI is InChI=1S/C15H28N2O3/c1-4-11(3)17(5-2)15(20)16-10-12-6-8-13(9-7-12)14(18)19/h11-13H,4-10H2,1-3H3,(H,16,20)(H,18,19). The van der Waals surface area contributed by atoms with E-state index in [1.807, 2.05) is 11.8 Å². The SMILES string of the molecule is CCC(C)N(CC)C(=O)NCC1CCC(C(=O)O)CC1. The van der Waals surface area contributed by atoms with Crippen molar-refractivity contribution >= 4 is 12.0 Å². The maximum absolute atomic E-state index is 12.1. The first-order valence-electron chi connectivity index (χ1n) is 7.76. The summed E-state index contributed by atoms with van der Waals surface area (Å²) in [4.78, 5) is 24.8. The highest BCUT2D eigenvalue weighted by Gasteiger charge is 2.26. The Balaban J connectivity index is 2.33. The third-order valence-electron chi connectivity index (χ3n) is 4.46. The molecule has 0 aromatic rings. The van der Waals surface area contributed by atoms with Gasteiger partial charge in [0.2, 0.25) is 0 Å². The summed E-state index contributed by atoms with van der Waals surface area (Å²) in [7, 11) is 0. The Morgan fingerprint density at radius 2 is 1.85 bits per heavy atom. The number of aliphatic carboxylic acids is 1. The average Bonchev–Trinajstić information content (AvgIpc) is 2.46. The molecule has 5 heteroatoms. The maximum atomic E-state index is 12.1. The van der Waals surface area contributed by atoms with Crippen molar-refractivity contribution in [2.45, 2.75) is 58.9 Å². The van der Waals surface area contributed by atoms with Crippen LogP contribution in [0.15, 0.2) is 0 Å². The molecule has 116 valence electrons. The summed E-state index contributed by atoms with van der Waals surface area (Å²) in [5.41, 5.74) is 0. The summed E-state index contributed by atoms with van der Waals surface area (Å²) < 4.78 is 0. The highest BCUT2D eigenvalue weighted by atomic mass is 16.4. The molecular weight excluding hydrogens is 256 g/mol. The van der Waals surface area contributed by atoms with E-state index in [2.05, 4.69) is 19.2 Å². The van der Waals surface area contributed by atoms with Gasteiger partial charge in [-0.3, -0.25) is 4.79 Å². The summed E-state index contributed by atoms with van der Waals surface area (Å²) >= 11 is 0. The van der Waals surface area contributed by atoms with Gasteiger partial charge in [0.25, 0.3) is 0 Å². The Morgan fingerprint density at radius 3 is 2.30 bits per heavy atom. The van der Waals surface area contributed by atoms with Gasteiger partial charge in [-0.05, 0) is 51.9 Å². The molecule has 1 atom stereocenters. The second kappa shape index (κ2) is 8.12. The lowest BCUT2D eigenvalue weighted by atomic mass is 9.82. The van der Waals surface area contributed by atoms with Crippen LogP contribution in [0.1, 0.15) is 52.9 Å². The predicted octanol–water partition coefficient (Wildman–Crippen LogP) is 2.71. The smallest absolute Gasteiger partial charge is 0.317 e. The van der Waals surface area contributed by atoms with E-state index < -0.39 is 5.97 Å². The van der Waals surface area contributed by atoms with E-state index in [0.29, 0.717) is 19.0 Å². The summed E-state index contributed by atoms with van der Waals surface area (Å²) in [5, 5.41) is 12.0. The monoisotopic (exact) mass is 284 g/mol. The van der Waals surface area contributed by atoms with Crippen LogP contribution in [0.3, 0.4) is 0 Å². The molecule has 0 heterocycles. The van der Waals surface area contributed by atoms with Crippen LogP contribution in [-0.4, -0.2) is 41.1 Å². The molecule has 0 aromatic carbocycles. The van der Waals surface area contributed by atoms with Gasteiger partial charge < -0.3 is 15.3 Å². The van der Waals surface area contributed by atoms with Crippen LogP contribution < -0.4 is 5.32 Å². The second-order valence-corrected chi connectivity index (χ2v) is 5.79. The molecule has 2 amide bonds. The van der Waals surface area contributed by atoms with Crippen LogP contribution in [0.5, 0.6) is 0 Å². The van der Waals surface area contributed by atoms with Gasteiger partial charge in [0, 0.05) is 19.1 Å². The van der Waals surface area contributed by atoms with Gasteiger partial charge in [-0.15, -0.1) is 0 Å². The Labute approximate surface area is 121 Å². The zero-order valence-corrected chi connectivity index (χ0v) is 12.9. The third kappa shape index (κ3) is 4.69. The van der Waals surface area contributed by atoms with Crippen LogP contribution >= 0.6 is 0 Å². The molecule has 0 aliphatic heterocycles. The number of hydrogen-bond acceptors (Lipinski definition) is 2. The minimum absolute atomic E-state index is 0.00204. The zero-order valence-electron chi connectivity index (χ0n) is 12.9. The number of nitrogens with zero attached hydrogens (tertiary/aromatic N) is 1. The molecule has 2 N–H and O–H groups in total. The Hall–Kier alpha value is -1.26. The first-order valence-corrected chi connectivity index (χ1v) is 7.76. The maximum Gasteiger partial charge on any atom is 0.317 e. The summed E-state index contributed by atoms with van der Waals surface area (Å²) in [6, 6.07) is 0.255. The van der Waals surface area contributed by atoms with Gasteiger partial charge in [0.15, 0.2) is 0 Å². The molecule has 0 saturated heterocycles. The van der Waals surface area contributed by atoms with Crippen molar-refractivity contribution in [1.82, 2.24) is 10.2 Å². The normalized spacial score (nSPS) is 23.9. The lowest BCUT2D eigenvalue weighted by molar-refractivity contribution is -0.143. The molecule has 1 saturated carbocycles. The summed E-state index contributed by atoms with van der Waals surface area (Å²) in [6.07, 6.45) is 4.21. The molecule has 1 unspecified atom stereocenters. The van der Waals surface area contributed by atoms with E-state index in [9.17, 15) is 9.59 Å². The molecule has 1 aliphatic carbocycles. The topological polar surface area (TPSA) is 69.6 Å². The number of carboxylic acids is 1. The van der Waals surface area contributed by atoms with E-state index in [0.717, 1.165) is 32.1 Å². The van der Waals surface area contributed by atoms with Gasteiger partial charge in [0.05, 0.1) is 5.92 Å². The number of carbonyl (C=O) groups is 2. The fourth-order valence-electron chi connectivity index (χ4n) is 2.82. The van der Waals surface area contributed by atoms with Crippen molar-refractivity contribution < 1.29 is 14.7 Å². The Morgan fingerprint density at radius 1 is 1.25 bits per heavy atom. The fourth-order valence-corrected chi connectivity index (χ4v) is 2.82. The zero-order chi connectivity index (χ0) is 15.1. The van der Waals surface area contributed by atoms with Crippen LogP contribution in [0.2, 0.25) is 0 Å². The average molecular weight is 284 g/mol. The first kappa shape index (κ1) is 16.8. The number of carboxylic acid groups (broad SMARTS) is 1. The lowest BCUT2D eigenvalue weighted by Gasteiger charge is -2.30. The largest absolute Gasteiger partial charge is 0.481 e. The van der Waals surface area contributed by atoms with Gasteiger partial charge in [-0.1, -0.05) is 6.92 Å². The molecule has 1 fully saturated rings. The Kier molecular flexibility index (Phi) is 6.82. The predicted molar refractivity (Wildman–Crippen MR) is 78.6 cm³/mol. The number of hydrogen-bond donors (Lipinski definition) is 2. The van der Waals surface area contributed by atoms with E-state index in [4.69, 9.17) is 5.11 Å². The molecule has 0 aromatic heterocycles. The minimum Gasteiger partial charge on any atom is -0.481 e. The number of urea groups is 1. The molecule has 1 rings (SSSR count). The molecule has 0 radical (unpaired) electrons. The molecule has 0 spiro atoms. The number of nitrogens with one attached hydrogen (secondary N) is 1. The van der Waals surface area contributed by atoms with Crippen molar-refractivity contribution in [3.8, 4) is 0 Å². The first-order chi connectivity index (χ1) is 9.49. The highest BCUT2D eigenvalue weighted by molar-refractivity contribution is 5.74. The highest BCUT2D eigenvalue weighted by Crippen LogP contribution is 2.28. The molecular formula is C15H28N2O3. The Bertz CT molecular complexity index is 325. The van der Waals surface area contributed by atoms with E-state index >= 15 is 0 Å². The minimum atomic E-state index is -0.679. The molecule has 20 heavy (non-hydrogen) atoms. The molecule has 0 bridgehead atoms. The van der Waals surface area contributed by atoms with Crippen LogP contribution in [-0.2, 0) is 4.79 Å². The number of carbonyl (C=O) groups excluding carboxylic acids is 1. The van der Waals surface area contributed by atoms with E-state index in [-0.39, 0.29) is 18.0 Å². The fraction of sp³-hybridized carbons (Fsp3) is 0.867. The summed E-state index contributed by atoms with van der Waals surface area (Å²) in [5.74, 6) is -0.444. The van der Waals surface area contributed by atoms with E-state index in [1.165, 1.54) is 0 Å². The van der Waals surface area contributed by atoms with Crippen LogP contribution in [0.4, 0.5) is 4.79 Å². The van der Waals surface area contributed by atoms with Crippen molar-refractivity contribution in [3.63, 3.8) is 0 Å². The van der Waals surface area contributed by atoms with Gasteiger partial charge in [0.1, 0.15) is 0 Å². The van der Waals surface area contributed by atoms with Crippen molar-refractivity contribution in [3.05, 3.63) is 0 Å². The van der Waals surface area contributed by atoms with Crippen LogP contribution in [0.25, 0.3) is 0 Å². The molecule has 1 aliphatic rings. The lowest BCUT2D eigenvalue weighted by Crippen LogP contribution is -2.46. The van der Waals surface area contributed by atoms with Gasteiger partial charge in [-0.25, -0.2) is 4.79 Å². The van der Waals surface area contributed by atoms with Crippen LogP contribution in [0, 0.1) is 11.8 Å². The van der Waals surface area contributed by atoms with Crippen molar-refractivity contribution in [2.24, 2.45) is 11.8 Å². The van der Waals surface area contributed by atoms with Gasteiger partial charge in [-0.2, -0.15) is 0 Å². The number of rotatable bonds is 6. The quantitative estimate of drug-likeness (QED) is 0.788. The van der Waals surface area contributed by atoms with Crippen molar-refractivity contribution in [2.75, 3.05) is 13.1 Å². The number of amides is 2. The second-order valence-electron chi connectivity index (χ2n) is 5.79. The molecule has 5 nitrogen and oxygen atoms in total. The third-order valence-corrected chi connectivity index (χ3v) is 4.46. The van der Waals surface area contributed by atoms with E-state index in [1.54, 1.807) is 0 Å². The van der Waals surface area contributed by atoms with Crippen molar-refractivity contribution in [1.29, 1.82) is 0 Å². The van der Waals surface area contributed by atoms with Gasteiger partial charge >= 0.3 is 12.0 Å².